The van der Waals surface area contributed by atoms with Crippen molar-refractivity contribution in [3.8, 4) is 0 Å². The minimum Gasteiger partial charge on any atom is -0.399 e. The Bertz CT molecular complexity index is 623. The topological polar surface area (TPSA) is 72.2 Å². The molecule has 1 atom stereocenters. The fourth-order valence-electron chi connectivity index (χ4n) is 1.87. The van der Waals surface area contributed by atoms with Gasteiger partial charge in [-0.3, -0.25) is 14.9 Å². The van der Waals surface area contributed by atoms with Crippen LogP contribution in [0.25, 0.3) is 0 Å². The smallest absolute Gasteiger partial charge is 0.257 e. The van der Waals surface area contributed by atoms with Crippen LogP contribution in [0.3, 0.4) is 0 Å². The molecular formula is C16H16N2O2. The van der Waals surface area contributed by atoms with Crippen molar-refractivity contribution in [2.24, 2.45) is 0 Å². The van der Waals surface area contributed by atoms with Crippen LogP contribution in [0.2, 0.25) is 0 Å². The number of hydrogen-bond acceptors (Lipinski definition) is 3. The van der Waals surface area contributed by atoms with Gasteiger partial charge >= 0.3 is 0 Å². The molecular weight excluding hydrogens is 252 g/mol. The molecule has 102 valence electrons. The quantitative estimate of drug-likeness (QED) is 0.839. The molecule has 2 aromatic carbocycles. The molecule has 0 aliphatic heterocycles. The van der Waals surface area contributed by atoms with Gasteiger partial charge in [-0.1, -0.05) is 36.4 Å². The lowest BCUT2D eigenvalue weighted by Gasteiger charge is -2.11. The van der Waals surface area contributed by atoms with Crippen molar-refractivity contribution < 1.29 is 9.59 Å². The fraction of sp³-hybridized carbons (Fsp3) is 0.125. The summed E-state index contributed by atoms with van der Waals surface area (Å²) < 4.78 is 0. The Morgan fingerprint density at radius 3 is 2.40 bits per heavy atom. The summed E-state index contributed by atoms with van der Waals surface area (Å²) >= 11 is 0. The zero-order valence-corrected chi connectivity index (χ0v) is 11.2. The van der Waals surface area contributed by atoms with E-state index in [-0.39, 0.29) is 11.8 Å². The minimum absolute atomic E-state index is 0.330. The molecule has 4 heteroatoms. The van der Waals surface area contributed by atoms with E-state index in [4.69, 9.17) is 5.73 Å². The Hall–Kier alpha value is -2.62. The Morgan fingerprint density at radius 1 is 1.05 bits per heavy atom. The van der Waals surface area contributed by atoms with Gasteiger partial charge in [-0.25, -0.2) is 0 Å². The third-order valence-electron chi connectivity index (χ3n) is 3.08. The largest absolute Gasteiger partial charge is 0.399 e. The third kappa shape index (κ3) is 3.23. The van der Waals surface area contributed by atoms with Gasteiger partial charge in [0.1, 0.15) is 0 Å². The molecule has 4 nitrogen and oxygen atoms in total. The number of rotatable bonds is 3. The van der Waals surface area contributed by atoms with Crippen LogP contribution < -0.4 is 11.1 Å². The van der Waals surface area contributed by atoms with Crippen LogP contribution >= 0.6 is 0 Å². The van der Waals surface area contributed by atoms with Crippen LogP contribution in [-0.4, -0.2) is 11.8 Å². The fourth-order valence-corrected chi connectivity index (χ4v) is 1.87. The number of hydrogen-bond donors (Lipinski definition) is 2. The predicted molar refractivity (Wildman–Crippen MR) is 78.2 cm³/mol. The summed E-state index contributed by atoms with van der Waals surface area (Å²) in [5.41, 5.74) is 7.34. The lowest BCUT2D eigenvalue weighted by atomic mass is 10.0. The molecule has 0 aliphatic carbocycles. The number of anilines is 1. The summed E-state index contributed by atoms with van der Waals surface area (Å²) in [6, 6.07) is 15.8. The second kappa shape index (κ2) is 6.02. The lowest BCUT2D eigenvalue weighted by Crippen LogP contribution is -2.33. The van der Waals surface area contributed by atoms with E-state index < -0.39 is 5.91 Å². The maximum atomic E-state index is 12.0. The summed E-state index contributed by atoms with van der Waals surface area (Å²) in [7, 11) is 0. The number of carbonyl (C=O) groups excluding carboxylic acids is 2. The first-order valence-corrected chi connectivity index (χ1v) is 6.33. The molecule has 0 radical (unpaired) electrons. The van der Waals surface area contributed by atoms with Gasteiger partial charge in [0.05, 0.1) is 5.92 Å². The second-order valence-corrected chi connectivity index (χ2v) is 4.58. The van der Waals surface area contributed by atoms with Gasteiger partial charge in [0.2, 0.25) is 5.91 Å². The molecule has 1 unspecified atom stereocenters. The molecule has 3 N–H and O–H groups in total. The van der Waals surface area contributed by atoms with Crippen LogP contribution in [0, 0.1) is 0 Å². The van der Waals surface area contributed by atoms with Crippen molar-refractivity contribution in [1.82, 2.24) is 5.32 Å². The number of nitrogen functional groups attached to an aromatic ring is 1. The Labute approximate surface area is 117 Å². The normalized spacial score (nSPS) is 11.7. The molecule has 2 amide bonds. The van der Waals surface area contributed by atoms with E-state index in [2.05, 4.69) is 5.32 Å². The van der Waals surface area contributed by atoms with Crippen LogP contribution in [0.4, 0.5) is 5.69 Å². The van der Waals surface area contributed by atoms with Crippen LogP contribution in [0.5, 0.6) is 0 Å². The van der Waals surface area contributed by atoms with Crippen LogP contribution in [0.1, 0.15) is 28.8 Å². The van der Waals surface area contributed by atoms with E-state index in [9.17, 15) is 9.59 Å². The molecule has 0 saturated heterocycles. The summed E-state index contributed by atoms with van der Waals surface area (Å²) in [6.07, 6.45) is 0. The van der Waals surface area contributed by atoms with Crippen molar-refractivity contribution >= 4 is 17.5 Å². The SMILES string of the molecule is CC(C(=O)NC(=O)c1cccc(N)c1)c1ccccc1. The Kier molecular flexibility index (Phi) is 4.15. The summed E-state index contributed by atoms with van der Waals surface area (Å²) in [5, 5.41) is 2.39. The summed E-state index contributed by atoms with van der Waals surface area (Å²) in [5.74, 6) is -1.16. The number of amides is 2. The van der Waals surface area contributed by atoms with E-state index in [0.29, 0.717) is 11.3 Å². The number of carbonyl (C=O) groups is 2. The zero-order valence-electron chi connectivity index (χ0n) is 11.2. The van der Waals surface area contributed by atoms with Gasteiger partial charge < -0.3 is 5.73 Å². The molecule has 0 aromatic heterocycles. The van der Waals surface area contributed by atoms with Gasteiger partial charge in [-0.2, -0.15) is 0 Å². The summed E-state index contributed by atoms with van der Waals surface area (Å²) in [6.45, 7) is 1.76. The maximum absolute atomic E-state index is 12.0. The molecule has 0 saturated carbocycles. The zero-order chi connectivity index (χ0) is 14.5. The monoisotopic (exact) mass is 268 g/mol. The Morgan fingerprint density at radius 2 is 1.75 bits per heavy atom. The van der Waals surface area contributed by atoms with Crippen molar-refractivity contribution in [3.05, 3.63) is 65.7 Å². The van der Waals surface area contributed by atoms with E-state index in [1.807, 2.05) is 30.3 Å². The number of nitrogens with two attached hydrogens (primary N) is 1. The first-order valence-electron chi connectivity index (χ1n) is 6.33. The average Bonchev–Trinajstić information content (AvgIpc) is 2.47. The van der Waals surface area contributed by atoms with Gasteiger partial charge in [-0.05, 0) is 30.7 Å². The van der Waals surface area contributed by atoms with E-state index in [1.165, 1.54) is 6.07 Å². The standard InChI is InChI=1S/C16H16N2O2/c1-11(12-6-3-2-4-7-12)15(19)18-16(20)13-8-5-9-14(17)10-13/h2-11H,17H2,1H3,(H,18,19,20). The van der Waals surface area contributed by atoms with Crippen LogP contribution in [-0.2, 0) is 4.79 Å². The van der Waals surface area contributed by atoms with Gasteiger partial charge in [-0.15, -0.1) is 0 Å². The lowest BCUT2D eigenvalue weighted by molar-refractivity contribution is -0.121. The summed E-state index contributed by atoms with van der Waals surface area (Å²) in [4.78, 5) is 24.0. The maximum Gasteiger partial charge on any atom is 0.257 e. The first-order chi connectivity index (χ1) is 9.58. The molecule has 0 fully saturated rings. The molecule has 0 aliphatic rings. The minimum atomic E-state index is -0.440. The first kappa shape index (κ1) is 13.8. The number of nitrogens with one attached hydrogen (secondary N) is 1. The highest BCUT2D eigenvalue weighted by Gasteiger charge is 2.18. The van der Waals surface area contributed by atoms with Gasteiger partial charge in [0.25, 0.3) is 5.91 Å². The van der Waals surface area contributed by atoms with Crippen molar-refractivity contribution in [1.29, 1.82) is 0 Å². The van der Waals surface area contributed by atoms with Gasteiger partial charge in [0.15, 0.2) is 0 Å². The number of imide groups is 1. The van der Waals surface area contributed by atoms with Crippen molar-refractivity contribution in [2.45, 2.75) is 12.8 Å². The molecule has 0 heterocycles. The number of benzene rings is 2. The van der Waals surface area contributed by atoms with Crippen LogP contribution in [0.15, 0.2) is 54.6 Å². The molecule has 20 heavy (non-hydrogen) atoms. The highest BCUT2D eigenvalue weighted by molar-refractivity contribution is 6.06. The van der Waals surface area contributed by atoms with Crippen molar-refractivity contribution in [3.63, 3.8) is 0 Å². The molecule has 0 spiro atoms. The molecule has 2 rings (SSSR count). The van der Waals surface area contributed by atoms with Gasteiger partial charge in [0, 0.05) is 11.3 Å². The van der Waals surface area contributed by atoms with E-state index in [0.717, 1.165) is 5.56 Å². The highest BCUT2D eigenvalue weighted by Crippen LogP contribution is 2.15. The molecule has 0 bridgehead atoms. The Balaban J connectivity index is 2.06. The second-order valence-electron chi connectivity index (χ2n) is 4.58. The average molecular weight is 268 g/mol. The predicted octanol–water partition coefficient (Wildman–Crippen LogP) is 2.33. The highest BCUT2D eigenvalue weighted by atomic mass is 16.2. The third-order valence-corrected chi connectivity index (χ3v) is 3.08. The van der Waals surface area contributed by atoms with Crippen molar-refractivity contribution in [2.75, 3.05) is 5.73 Å². The van der Waals surface area contributed by atoms with E-state index in [1.54, 1.807) is 25.1 Å². The molecule has 2 aromatic rings. The van der Waals surface area contributed by atoms with E-state index >= 15 is 0 Å².